The van der Waals surface area contributed by atoms with E-state index < -0.39 is 0 Å². The SMILES string of the molecule is COc1cccc(-c2nn(-c3ccccc3)cc2CN2CCC(=O)NC[C@@H]2C)c1. The smallest absolute Gasteiger partial charge is 0.221 e. The third-order valence-corrected chi connectivity index (χ3v) is 5.37. The number of aromatic nitrogens is 2. The maximum absolute atomic E-state index is 11.8. The van der Waals surface area contributed by atoms with Crippen molar-refractivity contribution >= 4 is 5.91 Å². The van der Waals surface area contributed by atoms with E-state index in [1.807, 2.05) is 53.2 Å². The Morgan fingerprint density at radius 1 is 1.17 bits per heavy atom. The predicted molar refractivity (Wildman–Crippen MR) is 113 cm³/mol. The summed E-state index contributed by atoms with van der Waals surface area (Å²) in [6.07, 6.45) is 2.61. The van der Waals surface area contributed by atoms with Gasteiger partial charge in [0.15, 0.2) is 0 Å². The van der Waals surface area contributed by atoms with Gasteiger partial charge in [-0.25, -0.2) is 4.68 Å². The van der Waals surface area contributed by atoms with E-state index in [2.05, 4.69) is 29.4 Å². The summed E-state index contributed by atoms with van der Waals surface area (Å²) in [5.41, 5.74) is 4.10. The summed E-state index contributed by atoms with van der Waals surface area (Å²) in [7, 11) is 1.67. The summed E-state index contributed by atoms with van der Waals surface area (Å²) in [5, 5.41) is 7.89. The lowest BCUT2D eigenvalue weighted by Gasteiger charge is -2.26. The Morgan fingerprint density at radius 3 is 2.79 bits per heavy atom. The largest absolute Gasteiger partial charge is 0.497 e. The highest BCUT2D eigenvalue weighted by atomic mass is 16.5. The van der Waals surface area contributed by atoms with Crippen molar-refractivity contribution in [3.05, 3.63) is 66.4 Å². The molecule has 1 saturated heterocycles. The first kappa shape index (κ1) is 19.2. The Labute approximate surface area is 171 Å². The zero-order chi connectivity index (χ0) is 20.2. The van der Waals surface area contributed by atoms with Crippen molar-refractivity contribution in [2.75, 3.05) is 20.2 Å². The highest BCUT2D eigenvalue weighted by molar-refractivity contribution is 5.76. The molecule has 3 aromatic rings. The van der Waals surface area contributed by atoms with Crippen molar-refractivity contribution in [3.8, 4) is 22.7 Å². The minimum absolute atomic E-state index is 0.118. The van der Waals surface area contributed by atoms with Gasteiger partial charge in [-0.3, -0.25) is 9.69 Å². The van der Waals surface area contributed by atoms with Crippen molar-refractivity contribution in [3.63, 3.8) is 0 Å². The van der Waals surface area contributed by atoms with Crippen molar-refractivity contribution in [2.45, 2.75) is 25.9 Å². The number of nitrogens with zero attached hydrogens (tertiary/aromatic N) is 3. The molecule has 1 atom stereocenters. The van der Waals surface area contributed by atoms with E-state index in [0.29, 0.717) is 13.0 Å². The normalized spacial score (nSPS) is 17.6. The topological polar surface area (TPSA) is 59.4 Å². The molecule has 1 aliphatic rings. The van der Waals surface area contributed by atoms with E-state index >= 15 is 0 Å². The first-order valence-corrected chi connectivity index (χ1v) is 9.93. The molecule has 0 unspecified atom stereocenters. The van der Waals surface area contributed by atoms with Gasteiger partial charge in [0.05, 0.1) is 18.5 Å². The number of hydrogen-bond acceptors (Lipinski definition) is 4. The second kappa shape index (κ2) is 8.49. The van der Waals surface area contributed by atoms with Crippen LogP contribution in [0.15, 0.2) is 60.8 Å². The monoisotopic (exact) mass is 390 g/mol. The lowest BCUT2D eigenvalue weighted by molar-refractivity contribution is -0.120. The van der Waals surface area contributed by atoms with E-state index in [1.54, 1.807) is 7.11 Å². The second-order valence-electron chi connectivity index (χ2n) is 7.39. The van der Waals surface area contributed by atoms with Gasteiger partial charge < -0.3 is 10.1 Å². The summed E-state index contributed by atoms with van der Waals surface area (Å²) >= 11 is 0. The summed E-state index contributed by atoms with van der Waals surface area (Å²) < 4.78 is 7.34. The van der Waals surface area contributed by atoms with E-state index in [-0.39, 0.29) is 11.9 Å². The fourth-order valence-corrected chi connectivity index (χ4v) is 3.65. The molecule has 2 heterocycles. The molecule has 1 aliphatic heterocycles. The van der Waals surface area contributed by atoms with E-state index in [4.69, 9.17) is 9.84 Å². The van der Waals surface area contributed by atoms with Crippen LogP contribution in [0.3, 0.4) is 0 Å². The molecule has 0 bridgehead atoms. The van der Waals surface area contributed by atoms with E-state index in [0.717, 1.165) is 41.3 Å². The summed E-state index contributed by atoms with van der Waals surface area (Å²) in [6, 6.07) is 18.4. The Kier molecular flexibility index (Phi) is 5.62. The predicted octanol–water partition coefficient (Wildman–Crippen LogP) is 3.26. The number of benzene rings is 2. The zero-order valence-corrected chi connectivity index (χ0v) is 16.8. The highest BCUT2D eigenvalue weighted by Crippen LogP contribution is 2.28. The number of amides is 1. The summed E-state index contributed by atoms with van der Waals surface area (Å²) in [4.78, 5) is 14.1. The second-order valence-corrected chi connectivity index (χ2v) is 7.39. The molecule has 1 aromatic heterocycles. The molecule has 6 heteroatoms. The molecule has 2 aromatic carbocycles. The molecule has 1 amide bonds. The van der Waals surface area contributed by atoms with E-state index in [9.17, 15) is 4.79 Å². The molecule has 0 saturated carbocycles. The first-order valence-electron chi connectivity index (χ1n) is 9.93. The molecular formula is C23H26N4O2. The van der Waals surface area contributed by atoms with Gasteiger partial charge in [-0.1, -0.05) is 30.3 Å². The third kappa shape index (κ3) is 4.32. The molecule has 4 rings (SSSR count). The molecule has 150 valence electrons. The van der Waals surface area contributed by atoms with Gasteiger partial charge in [0.25, 0.3) is 0 Å². The van der Waals surface area contributed by atoms with Gasteiger partial charge >= 0.3 is 0 Å². The Hall–Kier alpha value is -3.12. The highest BCUT2D eigenvalue weighted by Gasteiger charge is 2.23. The number of ether oxygens (including phenoxy) is 1. The van der Waals surface area contributed by atoms with Gasteiger partial charge in [0.2, 0.25) is 5.91 Å². The Bertz CT molecular complexity index is 984. The standard InChI is InChI=1S/C23H26N4O2/c1-17-14-24-22(28)11-12-26(17)15-19-16-27(20-8-4-3-5-9-20)25-23(19)18-7-6-10-21(13-18)29-2/h3-10,13,16-17H,11-12,14-15H2,1-2H3,(H,24,28)/t17-/m0/s1. The molecule has 0 spiro atoms. The van der Waals surface area contributed by atoms with Crippen LogP contribution in [-0.4, -0.2) is 46.8 Å². The van der Waals surface area contributed by atoms with Crippen LogP contribution >= 0.6 is 0 Å². The minimum atomic E-state index is 0.118. The Balaban J connectivity index is 1.72. The number of hydrogen-bond donors (Lipinski definition) is 1. The van der Waals surface area contributed by atoms with Gasteiger partial charge in [-0.05, 0) is 31.2 Å². The van der Waals surface area contributed by atoms with Crippen LogP contribution in [0.2, 0.25) is 0 Å². The quantitative estimate of drug-likeness (QED) is 0.727. The van der Waals surface area contributed by atoms with Crippen LogP contribution in [0.1, 0.15) is 18.9 Å². The van der Waals surface area contributed by atoms with Crippen molar-refractivity contribution < 1.29 is 9.53 Å². The molecule has 29 heavy (non-hydrogen) atoms. The summed E-state index contributed by atoms with van der Waals surface area (Å²) in [6.45, 7) is 4.29. The molecule has 1 fully saturated rings. The lowest BCUT2D eigenvalue weighted by Crippen LogP contribution is -2.37. The minimum Gasteiger partial charge on any atom is -0.497 e. The molecular weight excluding hydrogens is 364 g/mol. The molecule has 0 radical (unpaired) electrons. The third-order valence-electron chi connectivity index (χ3n) is 5.37. The van der Waals surface area contributed by atoms with Crippen molar-refractivity contribution in [2.24, 2.45) is 0 Å². The van der Waals surface area contributed by atoms with Gasteiger partial charge in [-0.15, -0.1) is 0 Å². The Morgan fingerprint density at radius 2 is 2.00 bits per heavy atom. The number of methoxy groups -OCH3 is 1. The summed E-state index contributed by atoms with van der Waals surface area (Å²) in [5.74, 6) is 0.924. The van der Waals surface area contributed by atoms with Crippen LogP contribution in [-0.2, 0) is 11.3 Å². The van der Waals surface area contributed by atoms with Gasteiger partial charge in [0.1, 0.15) is 5.75 Å². The maximum Gasteiger partial charge on any atom is 0.221 e. The van der Waals surface area contributed by atoms with Crippen LogP contribution < -0.4 is 10.1 Å². The van der Waals surface area contributed by atoms with Crippen LogP contribution in [0.25, 0.3) is 16.9 Å². The number of nitrogens with one attached hydrogen (secondary N) is 1. The van der Waals surface area contributed by atoms with Gasteiger partial charge in [0, 0.05) is 49.4 Å². The number of carbonyl (C=O) groups excluding carboxylic acids is 1. The zero-order valence-electron chi connectivity index (χ0n) is 16.8. The van der Waals surface area contributed by atoms with Crippen LogP contribution in [0.5, 0.6) is 5.75 Å². The average Bonchev–Trinajstić information content (AvgIpc) is 3.12. The molecule has 0 aliphatic carbocycles. The van der Waals surface area contributed by atoms with Crippen molar-refractivity contribution in [1.82, 2.24) is 20.0 Å². The van der Waals surface area contributed by atoms with Crippen LogP contribution in [0.4, 0.5) is 0 Å². The van der Waals surface area contributed by atoms with Crippen molar-refractivity contribution in [1.29, 1.82) is 0 Å². The van der Waals surface area contributed by atoms with Crippen LogP contribution in [0, 0.1) is 0 Å². The average molecular weight is 390 g/mol. The first-order chi connectivity index (χ1) is 14.1. The maximum atomic E-state index is 11.8. The molecule has 1 N–H and O–H groups in total. The molecule has 6 nitrogen and oxygen atoms in total. The van der Waals surface area contributed by atoms with Gasteiger partial charge in [-0.2, -0.15) is 5.10 Å². The number of rotatable bonds is 5. The fourth-order valence-electron chi connectivity index (χ4n) is 3.65. The number of carbonyl (C=O) groups is 1. The lowest BCUT2D eigenvalue weighted by atomic mass is 10.1. The van der Waals surface area contributed by atoms with E-state index in [1.165, 1.54) is 0 Å². The fraction of sp³-hybridized carbons (Fsp3) is 0.304. The number of para-hydroxylation sites is 1.